The molecule has 0 amide bonds. The van der Waals surface area contributed by atoms with Crippen LogP contribution in [0.3, 0.4) is 0 Å². The van der Waals surface area contributed by atoms with Gasteiger partial charge in [-0.3, -0.25) is 5.10 Å². The summed E-state index contributed by atoms with van der Waals surface area (Å²) in [6.07, 6.45) is 5.67. The van der Waals surface area contributed by atoms with Crippen molar-refractivity contribution in [2.45, 2.75) is 26.2 Å². The van der Waals surface area contributed by atoms with Crippen molar-refractivity contribution in [2.75, 3.05) is 13.1 Å². The first-order valence-electron chi connectivity index (χ1n) is 7.13. The normalized spacial score (nSPS) is 19.5. The van der Waals surface area contributed by atoms with Gasteiger partial charge in [0, 0.05) is 11.3 Å². The molecular weight excluding hydrogens is 234 g/mol. The molecule has 0 radical (unpaired) electrons. The zero-order valence-corrected chi connectivity index (χ0v) is 11.4. The number of H-pyrrole nitrogens is 1. The van der Waals surface area contributed by atoms with Crippen LogP contribution in [0.25, 0.3) is 11.1 Å². The van der Waals surface area contributed by atoms with Crippen LogP contribution in [-0.2, 0) is 6.42 Å². The molecule has 1 unspecified atom stereocenters. The van der Waals surface area contributed by atoms with E-state index < -0.39 is 0 Å². The van der Waals surface area contributed by atoms with E-state index in [9.17, 15) is 0 Å². The second kappa shape index (κ2) is 5.57. The van der Waals surface area contributed by atoms with Crippen molar-refractivity contribution in [3.8, 4) is 11.1 Å². The molecule has 1 aromatic carbocycles. The van der Waals surface area contributed by atoms with Crippen LogP contribution in [0.5, 0.6) is 0 Å². The number of piperidine rings is 1. The van der Waals surface area contributed by atoms with E-state index in [1.165, 1.54) is 41.8 Å². The molecule has 0 saturated carbocycles. The van der Waals surface area contributed by atoms with E-state index >= 15 is 0 Å². The summed E-state index contributed by atoms with van der Waals surface area (Å²) >= 11 is 0. The molecule has 2 heterocycles. The quantitative estimate of drug-likeness (QED) is 0.885. The third kappa shape index (κ3) is 2.71. The minimum absolute atomic E-state index is 0.733. The van der Waals surface area contributed by atoms with Gasteiger partial charge in [-0.1, -0.05) is 24.3 Å². The van der Waals surface area contributed by atoms with Crippen LogP contribution in [0.4, 0.5) is 0 Å². The van der Waals surface area contributed by atoms with Crippen LogP contribution in [0.15, 0.2) is 30.5 Å². The predicted octanol–water partition coefficient (Wildman–Crippen LogP) is 2.93. The molecule has 3 rings (SSSR count). The van der Waals surface area contributed by atoms with Gasteiger partial charge in [-0.25, -0.2) is 0 Å². The Balaban J connectivity index is 1.84. The number of aromatic nitrogens is 2. The second-order valence-corrected chi connectivity index (χ2v) is 5.49. The van der Waals surface area contributed by atoms with Gasteiger partial charge in [0.2, 0.25) is 0 Å². The summed E-state index contributed by atoms with van der Waals surface area (Å²) in [6.45, 7) is 4.46. The summed E-state index contributed by atoms with van der Waals surface area (Å²) in [5.74, 6) is 0.733. The van der Waals surface area contributed by atoms with Crippen molar-refractivity contribution in [3.63, 3.8) is 0 Å². The molecule has 0 aliphatic carbocycles. The Labute approximate surface area is 114 Å². The number of hydrogen-bond donors (Lipinski definition) is 2. The van der Waals surface area contributed by atoms with Crippen LogP contribution < -0.4 is 5.32 Å². The van der Waals surface area contributed by atoms with Gasteiger partial charge in [-0.05, 0) is 56.3 Å². The Bertz CT molecular complexity index is 538. The van der Waals surface area contributed by atoms with Crippen LogP contribution in [-0.4, -0.2) is 23.3 Å². The average molecular weight is 255 g/mol. The maximum atomic E-state index is 4.26. The summed E-state index contributed by atoms with van der Waals surface area (Å²) in [5.41, 5.74) is 5.16. The van der Waals surface area contributed by atoms with Gasteiger partial charge in [0.05, 0.1) is 6.20 Å². The topological polar surface area (TPSA) is 40.7 Å². The highest BCUT2D eigenvalue weighted by molar-refractivity contribution is 5.68. The lowest BCUT2D eigenvalue weighted by molar-refractivity contribution is 0.373. The first kappa shape index (κ1) is 12.4. The Morgan fingerprint density at radius 2 is 2.16 bits per heavy atom. The first-order valence-corrected chi connectivity index (χ1v) is 7.13. The van der Waals surface area contributed by atoms with Gasteiger partial charge in [0.25, 0.3) is 0 Å². The fraction of sp³-hybridized carbons (Fsp3) is 0.438. The summed E-state index contributed by atoms with van der Waals surface area (Å²) in [6, 6.07) is 8.53. The zero-order chi connectivity index (χ0) is 13.1. The smallest absolute Gasteiger partial charge is 0.0568 e. The highest BCUT2D eigenvalue weighted by Gasteiger charge is 2.17. The molecule has 1 aliphatic rings. The third-order valence-electron chi connectivity index (χ3n) is 4.05. The predicted molar refractivity (Wildman–Crippen MR) is 78.1 cm³/mol. The van der Waals surface area contributed by atoms with Crippen molar-refractivity contribution < 1.29 is 0 Å². The molecule has 0 spiro atoms. The van der Waals surface area contributed by atoms with Crippen molar-refractivity contribution >= 4 is 0 Å². The third-order valence-corrected chi connectivity index (χ3v) is 4.05. The number of benzene rings is 1. The maximum Gasteiger partial charge on any atom is 0.0568 e. The van der Waals surface area contributed by atoms with Gasteiger partial charge in [-0.2, -0.15) is 5.10 Å². The molecule has 3 heteroatoms. The number of aromatic amines is 1. The number of nitrogens with zero attached hydrogens (tertiary/aromatic N) is 1. The lowest BCUT2D eigenvalue weighted by Gasteiger charge is -2.22. The molecule has 1 aliphatic heterocycles. The van der Waals surface area contributed by atoms with Crippen molar-refractivity contribution in [1.82, 2.24) is 15.5 Å². The van der Waals surface area contributed by atoms with Crippen molar-refractivity contribution in [3.05, 3.63) is 41.7 Å². The maximum absolute atomic E-state index is 4.26. The molecule has 1 fully saturated rings. The van der Waals surface area contributed by atoms with Crippen LogP contribution in [0.1, 0.15) is 24.1 Å². The summed E-state index contributed by atoms with van der Waals surface area (Å²) in [7, 11) is 0. The number of aryl methyl sites for hydroxylation is 1. The van der Waals surface area contributed by atoms with Crippen molar-refractivity contribution in [2.24, 2.45) is 5.92 Å². The van der Waals surface area contributed by atoms with E-state index in [0.717, 1.165) is 18.9 Å². The average Bonchev–Trinajstić information content (AvgIpc) is 2.88. The lowest BCUT2D eigenvalue weighted by Crippen LogP contribution is -2.31. The van der Waals surface area contributed by atoms with E-state index in [0.29, 0.717) is 0 Å². The monoisotopic (exact) mass is 255 g/mol. The Hall–Kier alpha value is -1.61. The highest BCUT2D eigenvalue weighted by Crippen LogP contribution is 2.27. The summed E-state index contributed by atoms with van der Waals surface area (Å²) in [5, 5.41) is 10.9. The fourth-order valence-electron chi connectivity index (χ4n) is 2.96. The molecule has 19 heavy (non-hydrogen) atoms. The highest BCUT2D eigenvalue weighted by atomic mass is 15.1. The van der Waals surface area contributed by atoms with Crippen molar-refractivity contribution in [1.29, 1.82) is 0 Å². The molecule has 1 saturated heterocycles. The second-order valence-electron chi connectivity index (χ2n) is 5.49. The zero-order valence-electron chi connectivity index (χ0n) is 11.4. The molecule has 0 bridgehead atoms. The Kier molecular flexibility index (Phi) is 3.65. The Morgan fingerprint density at radius 1 is 1.26 bits per heavy atom. The largest absolute Gasteiger partial charge is 0.316 e. The number of hydrogen-bond acceptors (Lipinski definition) is 2. The molecule has 1 aromatic heterocycles. The first-order chi connectivity index (χ1) is 9.34. The molecule has 3 nitrogen and oxygen atoms in total. The summed E-state index contributed by atoms with van der Waals surface area (Å²) < 4.78 is 0. The lowest BCUT2D eigenvalue weighted by atomic mass is 9.91. The van der Waals surface area contributed by atoms with Gasteiger partial charge >= 0.3 is 0 Å². The number of rotatable bonds is 3. The van der Waals surface area contributed by atoms with E-state index in [1.807, 2.05) is 6.20 Å². The van der Waals surface area contributed by atoms with Crippen LogP contribution in [0.2, 0.25) is 0 Å². The van der Waals surface area contributed by atoms with Gasteiger partial charge in [0.15, 0.2) is 0 Å². The fourth-order valence-corrected chi connectivity index (χ4v) is 2.96. The van der Waals surface area contributed by atoms with Gasteiger partial charge in [-0.15, -0.1) is 0 Å². The SMILES string of the molecule is Cc1ccccc1-c1cn[nH]c1CC1CCCNC1. The minimum Gasteiger partial charge on any atom is -0.316 e. The molecule has 1 atom stereocenters. The molecule has 2 aromatic rings. The number of nitrogens with one attached hydrogen (secondary N) is 2. The molecular formula is C16H21N3. The van der Waals surface area contributed by atoms with E-state index in [1.54, 1.807) is 0 Å². The standard InChI is InChI=1S/C16H21N3/c1-12-5-2-3-7-14(12)15-11-18-19-16(15)9-13-6-4-8-17-10-13/h2-3,5,7,11,13,17H,4,6,8-10H2,1H3,(H,18,19). The van der Waals surface area contributed by atoms with Gasteiger partial charge in [0.1, 0.15) is 0 Å². The van der Waals surface area contributed by atoms with Gasteiger partial charge < -0.3 is 5.32 Å². The molecule has 2 N–H and O–H groups in total. The summed E-state index contributed by atoms with van der Waals surface area (Å²) in [4.78, 5) is 0. The van der Waals surface area contributed by atoms with Crippen LogP contribution >= 0.6 is 0 Å². The van der Waals surface area contributed by atoms with E-state index in [2.05, 4.69) is 46.7 Å². The van der Waals surface area contributed by atoms with E-state index in [4.69, 9.17) is 0 Å². The van der Waals surface area contributed by atoms with Crippen LogP contribution in [0, 0.1) is 12.8 Å². The Morgan fingerprint density at radius 3 is 2.95 bits per heavy atom. The molecule has 100 valence electrons. The minimum atomic E-state index is 0.733. The van der Waals surface area contributed by atoms with E-state index in [-0.39, 0.29) is 0 Å².